The van der Waals surface area contributed by atoms with Crippen molar-refractivity contribution in [2.45, 2.75) is 19.9 Å². The normalized spacial score (nSPS) is 11.2. The molecule has 0 fully saturated rings. The van der Waals surface area contributed by atoms with Crippen LogP contribution in [-0.2, 0) is 11.3 Å². The highest BCUT2D eigenvalue weighted by Crippen LogP contribution is 2.20. The number of nitrogens with one attached hydrogen (secondary N) is 3. The van der Waals surface area contributed by atoms with Gasteiger partial charge in [-0.05, 0) is 37.1 Å². The number of anilines is 1. The predicted molar refractivity (Wildman–Crippen MR) is 116 cm³/mol. The molecule has 0 atom stereocenters. The number of hydrogen-bond acceptors (Lipinski definition) is 4. The number of nitrogens with zero attached hydrogens (tertiary/aromatic N) is 1. The van der Waals surface area contributed by atoms with Gasteiger partial charge in [0.15, 0.2) is 5.96 Å². The number of methoxy groups -OCH3 is 1. The van der Waals surface area contributed by atoms with E-state index >= 15 is 0 Å². The van der Waals surface area contributed by atoms with E-state index in [1.165, 1.54) is 5.56 Å². The molecule has 0 spiro atoms. The minimum Gasteiger partial charge on any atom is -0.491 e. The third-order valence-electron chi connectivity index (χ3n) is 4.19. The second-order valence-corrected chi connectivity index (χ2v) is 6.45. The van der Waals surface area contributed by atoms with Crippen LogP contribution in [0.2, 0.25) is 0 Å². The third kappa shape index (κ3) is 7.88. The van der Waals surface area contributed by atoms with Gasteiger partial charge in [-0.15, -0.1) is 0 Å². The molecule has 0 aliphatic heterocycles. The van der Waals surface area contributed by atoms with Gasteiger partial charge in [0.2, 0.25) is 0 Å². The van der Waals surface area contributed by atoms with Crippen molar-refractivity contribution in [3.05, 3.63) is 59.7 Å². The number of benzene rings is 2. The standard InChI is InChI=1S/C22H32N4O2/c1-18-10-11-19(21(16-18)28-15-14-27-3)17-26-22(23-2)25-13-7-12-24-20-8-5-4-6-9-20/h4-6,8-11,16,24H,7,12-15,17H2,1-3H3,(H2,23,25,26). The van der Waals surface area contributed by atoms with Crippen molar-refractivity contribution in [3.63, 3.8) is 0 Å². The molecule has 0 aromatic heterocycles. The average Bonchev–Trinajstić information content (AvgIpc) is 2.72. The van der Waals surface area contributed by atoms with Crippen LogP contribution in [0.4, 0.5) is 5.69 Å². The van der Waals surface area contributed by atoms with E-state index in [0.717, 1.165) is 42.5 Å². The van der Waals surface area contributed by atoms with E-state index in [2.05, 4.69) is 58.2 Å². The van der Waals surface area contributed by atoms with Crippen molar-refractivity contribution in [2.24, 2.45) is 4.99 Å². The number of aryl methyl sites for hydroxylation is 1. The Hall–Kier alpha value is -2.73. The maximum atomic E-state index is 5.85. The van der Waals surface area contributed by atoms with Crippen LogP contribution in [0.3, 0.4) is 0 Å². The van der Waals surface area contributed by atoms with Crippen molar-refractivity contribution >= 4 is 11.6 Å². The van der Waals surface area contributed by atoms with E-state index in [4.69, 9.17) is 9.47 Å². The van der Waals surface area contributed by atoms with Gasteiger partial charge in [-0.2, -0.15) is 0 Å². The van der Waals surface area contributed by atoms with Crippen LogP contribution in [-0.4, -0.2) is 46.4 Å². The van der Waals surface area contributed by atoms with Gasteiger partial charge in [0.1, 0.15) is 12.4 Å². The van der Waals surface area contributed by atoms with E-state index in [1.54, 1.807) is 14.2 Å². The first-order valence-corrected chi connectivity index (χ1v) is 9.67. The molecule has 0 radical (unpaired) electrons. The summed E-state index contributed by atoms with van der Waals surface area (Å²) in [6, 6.07) is 16.5. The lowest BCUT2D eigenvalue weighted by atomic mass is 10.1. The zero-order valence-corrected chi connectivity index (χ0v) is 17.1. The fourth-order valence-corrected chi connectivity index (χ4v) is 2.66. The monoisotopic (exact) mass is 384 g/mol. The Labute approximate surface area is 168 Å². The Kier molecular flexibility index (Phi) is 9.72. The van der Waals surface area contributed by atoms with Crippen molar-refractivity contribution in [3.8, 4) is 5.75 Å². The SMILES string of the molecule is CN=C(NCCCNc1ccccc1)NCc1ccc(C)cc1OCCOC. The van der Waals surface area contributed by atoms with Gasteiger partial charge in [-0.25, -0.2) is 0 Å². The first-order valence-electron chi connectivity index (χ1n) is 9.67. The molecule has 0 bridgehead atoms. The molecule has 152 valence electrons. The zero-order valence-electron chi connectivity index (χ0n) is 17.1. The molecule has 0 aliphatic rings. The quantitative estimate of drug-likeness (QED) is 0.315. The number of hydrogen-bond donors (Lipinski definition) is 3. The topological polar surface area (TPSA) is 66.9 Å². The lowest BCUT2D eigenvalue weighted by Gasteiger charge is -2.15. The van der Waals surface area contributed by atoms with Gasteiger partial charge in [-0.1, -0.05) is 30.3 Å². The Morgan fingerprint density at radius 1 is 1.00 bits per heavy atom. The van der Waals surface area contributed by atoms with Crippen LogP contribution in [0.1, 0.15) is 17.5 Å². The van der Waals surface area contributed by atoms with E-state index in [0.29, 0.717) is 19.8 Å². The van der Waals surface area contributed by atoms with E-state index in [1.807, 2.05) is 18.2 Å². The molecular weight excluding hydrogens is 352 g/mol. The average molecular weight is 385 g/mol. The van der Waals surface area contributed by atoms with Crippen LogP contribution >= 0.6 is 0 Å². The summed E-state index contributed by atoms with van der Waals surface area (Å²) in [5, 5.41) is 10.1. The van der Waals surface area contributed by atoms with Crippen molar-refractivity contribution in [1.29, 1.82) is 0 Å². The smallest absolute Gasteiger partial charge is 0.191 e. The minimum atomic E-state index is 0.536. The molecular formula is C22H32N4O2. The maximum Gasteiger partial charge on any atom is 0.191 e. The largest absolute Gasteiger partial charge is 0.491 e. The fraction of sp³-hybridized carbons (Fsp3) is 0.409. The summed E-state index contributed by atoms with van der Waals surface area (Å²) >= 11 is 0. The van der Waals surface area contributed by atoms with Gasteiger partial charge in [0.25, 0.3) is 0 Å². The molecule has 0 saturated heterocycles. The molecule has 6 nitrogen and oxygen atoms in total. The van der Waals surface area contributed by atoms with Crippen molar-refractivity contribution < 1.29 is 9.47 Å². The van der Waals surface area contributed by atoms with E-state index in [-0.39, 0.29) is 0 Å². The minimum absolute atomic E-state index is 0.536. The van der Waals surface area contributed by atoms with Crippen molar-refractivity contribution in [2.75, 3.05) is 45.8 Å². The number of ether oxygens (including phenoxy) is 2. The van der Waals surface area contributed by atoms with Crippen LogP contribution in [0.25, 0.3) is 0 Å². The highest BCUT2D eigenvalue weighted by atomic mass is 16.5. The van der Waals surface area contributed by atoms with Gasteiger partial charge in [0, 0.05) is 45.0 Å². The Morgan fingerprint density at radius 3 is 2.57 bits per heavy atom. The lowest BCUT2D eigenvalue weighted by molar-refractivity contribution is 0.145. The highest BCUT2D eigenvalue weighted by Gasteiger charge is 2.06. The first kappa shape index (κ1) is 21.6. The molecule has 0 heterocycles. The predicted octanol–water partition coefficient (Wildman–Crippen LogP) is 3.19. The summed E-state index contributed by atoms with van der Waals surface area (Å²) < 4.78 is 10.9. The summed E-state index contributed by atoms with van der Waals surface area (Å²) in [6.07, 6.45) is 0.992. The molecule has 0 unspecified atom stereocenters. The summed E-state index contributed by atoms with van der Waals surface area (Å²) in [7, 11) is 3.45. The molecule has 2 aromatic rings. The third-order valence-corrected chi connectivity index (χ3v) is 4.19. The number of aliphatic imine (C=N–C) groups is 1. The highest BCUT2D eigenvalue weighted by molar-refractivity contribution is 5.79. The molecule has 28 heavy (non-hydrogen) atoms. The Bertz CT molecular complexity index is 720. The number of rotatable bonds is 11. The second kappa shape index (κ2) is 12.6. The maximum absolute atomic E-state index is 5.85. The summed E-state index contributed by atoms with van der Waals surface area (Å²) in [5.41, 5.74) is 3.41. The summed E-state index contributed by atoms with van der Waals surface area (Å²) in [4.78, 5) is 4.29. The van der Waals surface area contributed by atoms with Crippen LogP contribution in [0, 0.1) is 6.92 Å². The molecule has 2 rings (SSSR count). The molecule has 0 saturated carbocycles. The van der Waals surface area contributed by atoms with Gasteiger partial charge in [-0.3, -0.25) is 4.99 Å². The Morgan fingerprint density at radius 2 is 1.82 bits per heavy atom. The van der Waals surface area contributed by atoms with Gasteiger partial charge < -0.3 is 25.4 Å². The molecule has 2 aromatic carbocycles. The van der Waals surface area contributed by atoms with Crippen molar-refractivity contribution in [1.82, 2.24) is 10.6 Å². The number of para-hydroxylation sites is 1. The summed E-state index contributed by atoms with van der Waals surface area (Å²) in [5.74, 6) is 1.66. The summed E-state index contributed by atoms with van der Waals surface area (Å²) in [6.45, 7) is 5.55. The van der Waals surface area contributed by atoms with Crippen LogP contribution in [0.5, 0.6) is 5.75 Å². The second-order valence-electron chi connectivity index (χ2n) is 6.45. The molecule has 0 amide bonds. The molecule has 0 aliphatic carbocycles. The van der Waals surface area contributed by atoms with Crippen LogP contribution in [0.15, 0.2) is 53.5 Å². The van der Waals surface area contributed by atoms with Crippen LogP contribution < -0.4 is 20.7 Å². The van der Waals surface area contributed by atoms with E-state index < -0.39 is 0 Å². The first-order chi connectivity index (χ1) is 13.7. The van der Waals surface area contributed by atoms with Gasteiger partial charge in [0.05, 0.1) is 6.61 Å². The molecule has 6 heteroatoms. The Balaban J connectivity index is 1.74. The van der Waals surface area contributed by atoms with Gasteiger partial charge >= 0.3 is 0 Å². The number of guanidine groups is 1. The lowest BCUT2D eigenvalue weighted by Crippen LogP contribution is -2.37. The molecule has 3 N–H and O–H groups in total. The fourth-order valence-electron chi connectivity index (χ4n) is 2.66. The zero-order chi connectivity index (χ0) is 20.0. The van der Waals surface area contributed by atoms with E-state index in [9.17, 15) is 0 Å².